The molecule has 1 aliphatic heterocycles. The summed E-state index contributed by atoms with van der Waals surface area (Å²) in [7, 11) is 1.08. The average molecular weight is 362 g/mol. The predicted octanol–water partition coefficient (Wildman–Crippen LogP) is 2.59. The van der Waals surface area contributed by atoms with Gasteiger partial charge in [0, 0.05) is 0 Å². The van der Waals surface area contributed by atoms with Crippen molar-refractivity contribution in [1.82, 2.24) is 10.2 Å². The van der Waals surface area contributed by atoms with Gasteiger partial charge in [-0.1, -0.05) is 26.7 Å². The Hall–Kier alpha value is -1.22. The number of urea groups is 1. The number of hydrogen-bond acceptors (Lipinski definition) is 7. The van der Waals surface area contributed by atoms with Gasteiger partial charge in [0.2, 0.25) is 4.08 Å². The number of unbranched alkanes of at least 4 members (excludes halogenated alkanes) is 2. The van der Waals surface area contributed by atoms with Crippen molar-refractivity contribution in [2.75, 3.05) is 18.6 Å². The fourth-order valence-electron chi connectivity index (χ4n) is 1.85. The van der Waals surface area contributed by atoms with E-state index in [-0.39, 0.29) is 0 Å². The van der Waals surface area contributed by atoms with Gasteiger partial charge in [0.25, 0.3) is 11.8 Å². The molecule has 1 saturated heterocycles. The van der Waals surface area contributed by atoms with Crippen molar-refractivity contribution in [3.8, 4) is 0 Å². The fourth-order valence-corrected chi connectivity index (χ4v) is 4.91. The number of hydrogen-bond donors (Lipinski definition) is 1. The van der Waals surface area contributed by atoms with Gasteiger partial charge in [-0.05, 0) is 24.3 Å². The first-order chi connectivity index (χ1) is 10.9. The third-order valence-electron chi connectivity index (χ3n) is 3.17. The molecule has 1 aliphatic rings. The lowest BCUT2D eigenvalue weighted by Gasteiger charge is -2.36. The number of carbonyl (C=O) groups excluding carboxylic acids is 4. The zero-order chi connectivity index (χ0) is 17.5. The number of nitrogens with one attached hydrogen (secondary N) is 1. The van der Waals surface area contributed by atoms with E-state index in [1.165, 1.54) is 23.5 Å². The van der Waals surface area contributed by atoms with Crippen LogP contribution in [-0.4, -0.2) is 51.5 Å². The maximum absolute atomic E-state index is 12.8. The average Bonchev–Trinajstić information content (AvgIpc) is 2.52. The van der Waals surface area contributed by atoms with Crippen LogP contribution in [0.15, 0.2) is 0 Å². The molecule has 1 N–H and O–H groups in total. The second kappa shape index (κ2) is 9.17. The normalized spacial score (nSPS) is 17.2. The van der Waals surface area contributed by atoms with Crippen LogP contribution in [0.25, 0.3) is 0 Å². The minimum Gasteiger partial charge on any atom is -0.452 e. The molecular formula is C14H22N2O5S2. The van der Waals surface area contributed by atoms with E-state index in [0.717, 1.165) is 32.8 Å². The highest BCUT2D eigenvalue weighted by Crippen LogP contribution is 2.42. The molecule has 7 nitrogen and oxygen atoms in total. The molecule has 0 spiro atoms. The highest BCUT2D eigenvalue weighted by molar-refractivity contribution is 8.20. The molecular weight excluding hydrogens is 340 g/mol. The summed E-state index contributed by atoms with van der Waals surface area (Å²) in [6.45, 7) is 4.01. The molecule has 5 amide bonds. The van der Waals surface area contributed by atoms with Gasteiger partial charge in [0.15, 0.2) is 0 Å². The minimum atomic E-state index is -1.52. The highest BCUT2D eigenvalue weighted by Gasteiger charge is 2.57. The van der Waals surface area contributed by atoms with E-state index in [4.69, 9.17) is 0 Å². The van der Waals surface area contributed by atoms with Crippen LogP contribution in [0, 0.1) is 0 Å². The van der Waals surface area contributed by atoms with Crippen LogP contribution in [0.1, 0.15) is 39.5 Å². The number of methoxy groups -OCH3 is 1. The Morgan fingerprint density at radius 3 is 2.09 bits per heavy atom. The molecule has 0 saturated carbocycles. The van der Waals surface area contributed by atoms with E-state index in [1.54, 1.807) is 0 Å². The summed E-state index contributed by atoms with van der Waals surface area (Å²) in [6.07, 6.45) is 2.40. The van der Waals surface area contributed by atoms with Crippen molar-refractivity contribution in [2.45, 2.75) is 43.6 Å². The first kappa shape index (κ1) is 19.8. The first-order valence-electron chi connectivity index (χ1n) is 7.50. The maximum atomic E-state index is 12.8. The van der Waals surface area contributed by atoms with Crippen LogP contribution >= 0.6 is 23.5 Å². The third-order valence-corrected chi connectivity index (χ3v) is 6.40. The van der Waals surface area contributed by atoms with Gasteiger partial charge in [0.1, 0.15) is 0 Å². The SMILES string of the molecule is CCCCSC1(SCCCC)C(=O)NC(=O)N(C(=O)OC)C1=O. The summed E-state index contributed by atoms with van der Waals surface area (Å²) in [5, 5.41) is 2.10. The fraction of sp³-hybridized carbons (Fsp3) is 0.714. The number of rotatable bonds is 8. The molecule has 1 heterocycles. The molecule has 0 aromatic carbocycles. The second-order valence-electron chi connectivity index (χ2n) is 4.89. The van der Waals surface area contributed by atoms with Gasteiger partial charge < -0.3 is 4.74 Å². The monoisotopic (exact) mass is 362 g/mol. The Morgan fingerprint density at radius 1 is 1.13 bits per heavy atom. The Labute approximate surface area is 144 Å². The topological polar surface area (TPSA) is 92.8 Å². The van der Waals surface area contributed by atoms with E-state index in [1.807, 2.05) is 13.8 Å². The molecule has 0 unspecified atom stereocenters. The number of thioether (sulfide) groups is 2. The van der Waals surface area contributed by atoms with Crippen LogP contribution in [0.5, 0.6) is 0 Å². The van der Waals surface area contributed by atoms with Gasteiger partial charge in [-0.25, -0.2) is 9.59 Å². The molecule has 1 fully saturated rings. The lowest BCUT2D eigenvalue weighted by Crippen LogP contribution is -2.66. The zero-order valence-corrected chi connectivity index (χ0v) is 15.2. The molecule has 9 heteroatoms. The standard InChI is InChI=1S/C14H22N2O5S2/c1-4-6-8-22-14(23-9-7-5-2)10(17)15-12(19)16(11(14)18)13(20)21-3/h4-9H2,1-3H3,(H,15,17,19). The number of amides is 5. The zero-order valence-electron chi connectivity index (χ0n) is 13.5. The van der Waals surface area contributed by atoms with Gasteiger partial charge in [-0.2, -0.15) is 4.90 Å². The van der Waals surface area contributed by atoms with Crippen LogP contribution < -0.4 is 5.32 Å². The molecule has 0 aliphatic carbocycles. The van der Waals surface area contributed by atoms with E-state index < -0.39 is 28.0 Å². The van der Waals surface area contributed by atoms with Gasteiger partial charge >= 0.3 is 12.1 Å². The number of carbonyl (C=O) groups is 4. The smallest absolute Gasteiger partial charge is 0.424 e. The number of nitrogens with zero attached hydrogens (tertiary/aromatic N) is 1. The lowest BCUT2D eigenvalue weighted by molar-refractivity contribution is -0.135. The van der Waals surface area contributed by atoms with Crippen LogP contribution in [0.3, 0.4) is 0 Å². The molecule has 0 bridgehead atoms. The summed E-state index contributed by atoms with van der Waals surface area (Å²) in [5.74, 6) is -0.342. The van der Waals surface area contributed by atoms with E-state index in [0.29, 0.717) is 16.4 Å². The Morgan fingerprint density at radius 2 is 1.65 bits per heavy atom. The van der Waals surface area contributed by atoms with Crippen LogP contribution in [0.4, 0.5) is 9.59 Å². The largest absolute Gasteiger partial charge is 0.452 e. The van der Waals surface area contributed by atoms with E-state index in [2.05, 4.69) is 10.1 Å². The Balaban J connectivity index is 3.10. The van der Waals surface area contributed by atoms with Gasteiger partial charge in [0.05, 0.1) is 7.11 Å². The summed E-state index contributed by atoms with van der Waals surface area (Å²) in [4.78, 5) is 49.1. The first-order valence-corrected chi connectivity index (χ1v) is 9.47. The minimum absolute atomic E-state index is 0.374. The van der Waals surface area contributed by atoms with E-state index >= 15 is 0 Å². The van der Waals surface area contributed by atoms with E-state index in [9.17, 15) is 19.2 Å². The van der Waals surface area contributed by atoms with Crippen molar-refractivity contribution >= 4 is 47.5 Å². The molecule has 0 aromatic heterocycles. The van der Waals surface area contributed by atoms with Crippen molar-refractivity contribution in [3.63, 3.8) is 0 Å². The molecule has 23 heavy (non-hydrogen) atoms. The number of ether oxygens (including phenoxy) is 1. The summed E-state index contributed by atoms with van der Waals surface area (Å²) < 4.78 is 2.96. The van der Waals surface area contributed by atoms with Crippen molar-refractivity contribution in [2.24, 2.45) is 0 Å². The van der Waals surface area contributed by atoms with Crippen molar-refractivity contribution in [3.05, 3.63) is 0 Å². The second-order valence-corrected chi connectivity index (χ2v) is 7.77. The quantitative estimate of drug-likeness (QED) is 0.403. The highest BCUT2D eigenvalue weighted by atomic mass is 32.2. The number of barbiturate groups is 1. The predicted molar refractivity (Wildman–Crippen MR) is 90.3 cm³/mol. The molecule has 0 aromatic rings. The van der Waals surface area contributed by atoms with Gasteiger partial charge in [-0.15, -0.1) is 23.5 Å². The summed E-state index contributed by atoms with van der Waals surface area (Å²) in [5.41, 5.74) is 0. The van der Waals surface area contributed by atoms with Gasteiger partial charge in [-0.3, -0.25) is 14.9 Å². The third kappa shape index (κ3) is 4.41. The summed E-state index contributed by atoms with van der Waals surface area (Å²) >= 11 is 2.34. The molecule has 130 valence electrons. The lowest BCUT2D eigenvalue weighted by atomic mass is 10.3. The van der Waals surface area contributed by atoms with Crippen LogP contribution in [0.2, 0.25) is 0 Å². The van der Waals surface area contributed by atoms with Crippen molar-refractivity contribution < 1.29 is 23.9 Å². The molecule has 1 rings (SSSR count). The Bertz CT molecular complexity index is 474. The maximum Gasteiger partial charge on any atom is 0.424 e. The van der Waals surface area contributed by atoms with Crippen molar-refractivity contribution in [1.29, 1.82) is 0 Å². The summed E-state index contributed by atoms with van der Waals surface area (Å²) in [6, 6.07) is -1.06. The molecule has 0 atom stereocenters. The van der Waals surface area contributed by atoms with Crippen LogP contribution in [-0.2, 0) is 14.3 Å². The Kier molecular flexibility index (Phi) is 7.90. The number of imide groups is 4. The molecule has 0 radical (unpaired) electrons.